The third-order valence-electron chi connectivity index (χ3n) is 6.44. The number of hydrogen-bond donors (Lipinski definition) is 0. The zero-order chi connectivity index (χ0) is 23.4. The minimum absolute atomic E-state index is 0.00171. The summed E-state index contributed by atoms with van der Waals surface area (Å²) in [4.78, 5) is 0. The molecule has 1 aromatic carbocycles. The van der Waals surface area contributed by atoms with Gasteiger partial charge in [-0.25, -0.2) is 0 Å². The van der Waals surface area contributed by atoms with Gasteiger partial charge in [0.15, 0.2) is 0 Å². The quantitative estimate of drug-likeness (QED) is 0.346. The van der Waals surface area contributed by atoms with E-state index in [2.05, 4.69) is 6.08 Å². The van der Waals surface area contributed by atoms with E-state index in [0.717, 1.165) is 55.1 Å². The second kappa shape index (κ2) is 10.2. The fourth-order valence-corrected chi connectivity index (χ4v) is 5.72. The van der Waals surface area contributed by atoms with Gasteiger partial charge in [-0.2, -0.15) is 16.8 Å². The lowest BCUT2D eigenvalue weighted by Gasteiger charge is -2.47. The summed E-state index contributed by atoms with van der Waals surface area (Å²) >= 11 is 0. The second-order valence-corrected chi connectivity index (χ2v) is 11.9. The van der Waals surface area contributed by atoms with Crippen molar-refractivity contribution in [3.63, 3.8) is 0 Å². The molecule has 2 aliphatic carbocycles. The summed E-state index contributed by atoms with van der Waals surface area (Å²) in [5.74, 6) is 0.549. The number of rotatable bonds is 11. The third kappa shape index (κ3) is 6.32. The topological polar surface area (TPSA) is 105 Å². The Morgan fingerprint density at radius 3 is 2.28 bits per heavy atom. The van der Waals surface area contributed by atoms with Gasteiger partial charge in [0, 0.05) is 5.41 Å². The molecule has 0 amide bonds. The molecule has 0 spiro atoms. The van der Waals surface area contributed by atoms with Crippen LogP contribution < -0.4 is 4.74 Å². The van der Waals surface area contributed by atoms with Crippen molar-refractivity contribution in [1.82, 2.24) is 0 Å². The molecule has 0 aliphatic heterocycles. The van der Waals surface area contributed by atoms with Crippen LogP contribution >= 0.6 is 0 Å². The Morgan fingerprint density at radius 2 is 1.66 bits per heavy atom. The maximum absolute atomic E-state index is 11.8. The highest BCUT2D eigenvalue weighted by atomic mass is 32.2. The van der Waals surface area contributed by atoms with Gasteiger partial charge in [0.2, 0.25) is 0 Å². The number of fused-ring (bicyclic) bond motifs is 1. The molecule has 8 nitrogen and oxygen atoms in total. The highest BCUT2D eigenvalue weighted by Gasteiger charge is 2.53. The predicted octanol–water partition coefficient (Wildman–Crippen LogP) is 2.90. The Balaban J connectivity index is 1.77. The van der Waals surface area contributed by atoms with Gasteiger partial charge in [0.25, 0.3) is 20.2 Å². The predicted molar refractivity (Wildman–Crippen MR) is 120 cm³/mol. The van der Waals surface area contributed by atoms with Gasteiger partial charge in [0.05, 0.1) is 46.0 Å². The average Bonchev–Trinajstić information content (AvgIpc) is 3.09. The lowest BCUT2D eigenvalue weighted by atomic mass is 9.60. The molecule has 0 unspecified atom stereocenters. The molecule has 2 aliphatic rings. The molecule has 0 heterocycles. The van der Waals surface area contributed by atoms with E-state index < -0.39 is 25.7 Å². The van der Waals surface area contributed by atoms with Gasteiger partial charge in [-0.05, 0) is 55.2 Å². The van der Waals surface area contributed by atoms with E-state index >= 15 is 0 Å². The van der Waals surface area contributed by atoms with Gasteiger partial charge in [-0.15, -0.1) is 0 Å². The largest absolute Gasteiger partial charge is 0.497 e. The molecular formula is C22H32O8S2. The maximum Gasteiger partial charge on any atom is 0.264 e. The number of ether oxygens (including phenoxy) is 2. The maximum atomic E-state index is 11.8. The monoisotopic (exact) mass is 488 g/mol. The first-order chi connectivity index (χ1) is 15.0. The van der Waals surface area contributed by atoms with Crippen LogP contribution in [0, 0.1) is 17.3 Å². The molecule has 10 heteroatoms. The highest BCUT2D eigenvalue weighted by Crippen LogP contribution is 2.56. The van der Waals surface area contributed by atoms with Crippen LogP contribution in [-0.2, 0) is 39.9 Å². The van der Waals surface area contributed by atoms with Crippen molar-refractivity contribution < 1.29 is 34.7 Å². The molecule has 180 valence electrons. The van der Waals surface area contributed by atoms with Gasteiger partial charge in [-0.1, -0.05) is 23.8 Å². The molecular weight excluding hydrogens is 456 g/mol. The Labute approximate surface area is 191 Å². The van der Waals surface area contributed by atoms with Crippen LogP contribution in [-0.4, -0.2) is 56.3 Å². The van der Waals surface area contributed by atoms with E-state index in [-0.39, 0.29) is 25.0 Å². The molecule has 0 radical (unpaired) electrons. The zero-order valence-corrected chi connectivity index (χ0v) is 20.4. The van der Waals surface area contributed by atoms with E-state index in [9.17, 15) is 16.8 Å². The fourth-order valence-electron chi connectivity index (χ4n) is 4.90. The smallest absolute Gasteiger partial charge is 0.264 e. The van der Waals surface area contributed by atoms with Crippen molar-refractivity contribution in [1.29, 1.82) is 0 Å². The van der Waals surface area contributed by atoms with Gasteiger partial charge < -0.3 is 9.47 Å². The number of hydrogen-bond acceptors (Lipinski definition) is 8. The first-order valence-electron chi connectivity index (χ1n) is 10.6. The zero-order valence-electron chi connectivity index (χ0n) is 18.8. The van der Waals surface area contributed by atoms with Crippen molar-refractivity contribution in [2.75, 3.05) is 39.4 Å². The molecule has 0 N–H and O–H groups in total. The molecule has 0 aromatic heterocycles. The highest BCUT2D eigenvalue weighted by molar-refractivity contribution is 7.86. The molecule has 3 atom stereocenters. The van der Waals surface area contributed by atoms with Gasteiger partial charge in [-0.3, -0.25) is 8.37 Å². The molecule has 1 saturated carbocycles. The van der Waals surface area contributed by atoms with E-state index in [1.807, 2.05) is 24.3 Å². The van der Waals surface area contributed by atoms with Crippen molar-refractivity contribution in [2.45, 2.75) is 32.3 Å². The average molecular weight is 489 g/mol. The van der Waals surface area contributed by atoms with Crippen LogP contribution in [0.1, 0.15) is 31.2 Å². The van der Waals surface area contributed by atoms with Crippen LogP contribution in [0.4, 0.5) is 0 Å². The van der Waals surface area contributed by atoms with Crippen LogP contribution in [0.2, 0.25) is 0 Å². The van der Waals surface area contributed by atoms with Crippen LogP contribution in [0.15, 0.2) is 35.9 Å². The molecule has 1 aromatic rings. The van der Waals surface area contributed by atoms with Crippen LogP contribution in [0.5, 0.6) is 5.75 Å². The summed E-state index contributed by atoms with van der Waals surface area (Å²) in [6, 6.07) is 7.61. The molecule has 3 rings (SSSR count). The summed E-state index contributed by atoms with van der Waals surface area (Å²) in [6.45, 7) is 0.766. The van der Waals surface area contributed by atoms with Crippen molar-refractivity contribution >= 4 is 20.2 Å². The number of benzene rings is 1. The molecule has 0 saturated heterocycles. The Kier molecular flexibility index (Phi) is 8.03. The summed E-state index contributed by atoms with van der Waals surface area (Å²) < 4.78 is 68.6. The lowest BCUT2D eigenvalue weighted by molar-refractivity contribution is -0.0263. The number of methoxy groups -OCH3 is 1. The summed E-state index contributed by atoms with van der Waals surface area (Å²) in [7, 11) is -5.67. The summed E-state index contributed by atoms with van der Waals surface area (Å²) in [5.41, 5.74) is 1.48. The second-order valence-electron chi connectivity index (χ2n) is 8.61. The Morgan fingerprint density at radius 1 is 0.969 bits per heavy atom. The van der Waals surface area contributed by atoms with Crippen LogP contribution in [0.3, 0.4) is 0 Å². The minimum atomic E-state index is -3.67. The van der Waals surface area contributed by atoms with E-state index in [0.29, 0.717) is 13.2 Å². The SMILES string of the molecule is COc1ccc(COC[C@H]2CC=C3CCC[C@H](COS(C)(=O)=O)[C@]32COS(C)(=O)=O)cc1. The molecule has 0 bridgehead atoms. The summed E-state index contributed by atoms with van der Waals surface area (Å²) in [6.07, 6.45) is 7.37. The van der Waals surface area contributed by atoms with E-state index in [1.165, 1.54) is 0 Å². The minimum Gasteiger partial charge on any atom is -0.497 e. The van der Waals surface area contributed by atoms with E-state index in [4.69, 9.17) is 17.8 Å². The third-order valence-corrected chi connectivity index (χ3v) is 7.55. The lowest BCUT2D eigenvalue weighted by Crippen LogP contribution is -2.47. The summed E-state index contributed by atoms with van der Waals surface area (Å²) in [5, 5.41) is 0. The molecule has 32 heavy (non-hydrogen) atoms. The first-order valence-corrected chi connectivity index (χ1v) is 14.3. The van der Waals surface area contributed by atoms with Gasteiger partial charge >= 0.3 is 0 Å². The number of allylic oxidation sites excluding steroid dienone is 1. The van der Waals surface area contributed by atoms with Crippen molar-refractivity contribution in [2.24, 2.45) is 17.3 Å². The van der Waals surface area contributed by atoms with E-state index in [1.54, 1.807) is 7.11 Å². The van der Waals surface area contributed by atoms with Crippen LogP contribution in [0.25, 0.3) is 0 Å². The fraction of sp³-hybridized carbons (Fsp3) is 0.636. The van der Waals surface area contributed by atoms with Crippen molar-refractivity contribution in [3.8, 4) is 5.75 Å². The van der Waals surface area contributed by atoms with Crippen molar-refractivity contribution in [3.05, 3.63) is 41.5 Å². The van der Waals surface area contributed by atoms with Gasteiger partial charge in [0.1, 0.15) is 5.75 Å². The normalized spacial score (nSPS) is 25.9. The first kappa shape index (κ1) is 25.2. The standard InChI is InChI=1S/C22H32O8S2/c1-27-21-11-7-17(8-12-21)13-28-14-20-10-9-18-5-4-6-19(15-29-31(2,23)24)22(18,20)16-30-32(3,25)26/h7-9,11-12,19-20H,4-6,10,13-16H2,1-3H3/t19-,20-,22+/m1/s1. The molecule has 1 fully saturated rings. The Hall–Kier alpha value is -1.46. The Bertz CT molecular complexity index is 1010.